The maximum Gasteiger partial charge on any atom is 0.126 e. The molecule has 2 aliphatic rings. The summed E-state index contributed by atoms with van der Waals surface area (Å²) in [6, 6.07) is 3.92. The number of benzene rings is 1. The lowest BCUT2D eigenvalue weighted by Crippen LogP contribution is -2.26. The molecule has 1 aromatic carbocycles. The number of alkyl halides is 1. The minimum atomic E-state index is -0.471. The molecule has 0 bridgehead atoms. The summed E-state index contributed by atoms with van der Waals surface area (Å²) in [4.78, 5) is 0. The Morgan fingerprint density at radius 2 is 1.23 bits per heavy atom. The first-order valence-electron chi connectivity index (χ1n) is 8.67. The van der Waals surface area contributed by atoms with Crippen LogP contribution in [0.2, 0.25) is 0 Å². The summed E-state index contributed by atoms with van der Waals surface area (Å²) in [7, 11) is 0. The van der Waals surface area contributed by atoms with Crippen molar-refractivity contribution in [1.82, 2.24) is 0 Å². The number of hydrogen-bond acceptors (Lipinski definition) is 0. The molecule has 0 nitrogen and oxygen atoms in total. The van der Waals surface area contributed by atoms with E-state index >= 15 is 0 Å². The molecule has 0 heterocycles. The molecular formula is C19H25F3. The van der Waals surface area contributed by atoms with E-state index in [2.05, 4.69) is 0 Å². The maximum atomic E-state index is 13.4. The van der Waals surface area contributed by atoms with E-state index in [0.717, 1.165) is 62.0 Å². The molecule has 2 fully saturated rings. The van der Waals surface area contributed by atoms with Crippen molar-refractivity contribution in [2.24, 2.45) is 17.8 Å². The van der Waals surface area contributed by atoms with E-state index < -0.39 is 11.6 Å². The highest BCUT2D eigenvalue weighted by molar-refractivity contribution is 5.22. The third-order valence-electron chi connectivity index (χ3n) is 5.90. The van der Waals surface area contributed by atoms with Gasteiger partial charge in [0.1, 0.15) is 11.6 Å². The first kappa shape index (κ1) is 15.9. The molecule has 0 amide bonds. The Bertz CT molecular complexity index is 463. The zero-order valence-corrected chi connectivity index (χ0v) is 13.0. The molecule has 0 aliphatic heterocycles. The zero-order valence-electron chi connectivity index (χ0n) is 13.0. The molecule has 122 valence electrons. The van der Waals surface area contributed by atoms with Crippen LogP contribution in [-0.4, -0.2) is 6.67 Å². The van der Waals surface area contributed by atoms with Gasteiger partial charge in [0.15, 0.2) is 0 Å². The van der Waals surface area contributed by atoms with Gasteiger partial charge in [-0.25, -0.2) is 8.78 Å². The maximum absolute atomic E-state index is 13.4. The van der Waals surface area contributed by atoms with Crippen LogP contribution in [0.5, 0.6) is 0 Å². The quantitative estimate of drug-likeness (QED) is 0.641. The van der Waals surface area contributed by atoms with E-state index in [9.17, 15) is 13.2 Å². The lowest BCUT2D eigenvalue weighted by atomic mass is 9.68. The molecule has 0 aromatic heterocycles. The van der Waals surface area contributed by atoms with Gasteiger partial charge in [-0.1, -0.05) is 0 Å². The molecule has 22 heavy (non-hydrogen) atoms. The third-order valence-corrected chi connectivity index (χ3v) is 5.90. The van der Waals surface area contributed by atoms with Crippen LogP contribution in [0, 0.1) is 29.4 Å². The van der Waals surface area contributed by atoms with Crippen LogP contribution >= 0.6 is 0 Å². The molecule has 0 atom stereocenters. The fraction of sp³-hybridized carbons (Fsp3) is 0.684. The minimum Gasteiger partial charge on any atom is -0.251 e. The van der Waals surface area contributed by atoms with Gasteiger partial charge in [-0.2, -0.15) is 0 Å². The monoisotopic (exact) mass is 310 g/mol. The average molecular weight is 310 g/mol. The fourth-order valence-electron chi connectivity index (χ4n) is 4.55. The molecule has 0 saturated heterocycles. The molecule has 3 heteroatoms. The Kier molecular flexibility index (Phi) is 5.10. The van der Waals surface area contributed by atoms with E-state index in [0.29, 0.717) is 11.8 Å². The van der Waals surface area contributed by atoms with Crippen molar-refractivity contribution in [2.75, 3.05) is 6.67 Å². The van der Waals surface area contributed by atoms with Crippen LogP contribution in [-0.2, 0) is 0 Å². The first-order valence-corrected chi connectivity index (χ1v) is 8.67. The Morgan fingerprint density at radius 3 is 1.73 bits per heavy atom. The highest BCUT2D eigenvalue weighted by Crippen LogP contribution is 2.44. The second kappa shape index (κ2) is 7.06. The lowest BCUT2D eigenvalue weighted by molar-refractivity contribution is 0.148. The molecule has 0 radical (unpaired) electrons. The van der Waals surface area contributed by atoms with Gasteiger partial charge in [0.05, 0.1) is 6.67 Å². The number of hydrogen-bond donors (Lipinski definition) is 0. The van der Waals surface area contributed by atoms with E-state index in [1.165, 1.54) is 25.0 Å². The average Bonchev–Trinajstić information content (AvgIpc) is 2.54. The predicted molar refractivity (Wildman–Crippen MR) is 82.5 cm³/mol. The molecule has 0 unspecified atom stereocenters. The van der Waals surface area contributed by atoms with Crippen LogP contribution in [0.4, 0.5) is 13.2 Å². The van der Waals surface area contributed by atoms with E-state index in [1.54, 1.807) is 0 Å². The molecule has 2 aliphatic carbocycles. The van der Waals surface area contributed by atoms with E-state index in [1.807, 2.05) is 0 Å². The second-order valence-corrected chi connectivity index (χ2v) is 7.25. The molecule has 0 spiro atoms. The Balaban J connectivity index is 1.54. The highest BCUT2D eigenvalue weighted by atomic mass is 19.1. The van der Waals surface area contributed by atoms with Crippen molar-refractivity contribution in [2.45, 2.75) is 57.3 Å². The summed E-state index contributed by atoms with van der Waals surface area (Å²) < 4.78 is 39.4. The Labute approximate surface area is 131 Å². The van der Waals surface area contributed by atoms with Gasteiger partial charge in [0, 0.05) is 6.07 Å². The van der Waals surface area contributed by atoms with Crippen LogP contribution < -0.4 is 0 Å². The Morgan fingerprint density at radius 1 is 0.727 bits per heavy atom. The number of halogens is 3. The molecule has 1 aromatic rings. The van der Waals surface area contributed by atoms with Gasteiger partial charge in [-0.3, -0.25) is 4.39 Å². The number of rotatable bonds is 3. The van der Waals surface area contributed by atoms with Gasteiger partial charge in [-0.05, 0) is 92.7 Å². The van der Waals surface area contributed by atoms with Crippen molar-refractivity contribution < 1.29 is 13.2 Å². The van der Waals surface area contributed by atoms with Crippen LogP contribution in [0.3, 0.4) is 0 Å². The van der Waals surface area contributed by atoms with Gasteiger partial charge in [0.25, 0.3) is 0 Å². The summed E-state index contributed by atoms with van der Waals surface area (Å²) in [5.41, 5.74) is 0.817. The fourth-order valence-corrected chi connectivity index (χ4v) is 4.55. The van der Waals surface area contributed by atoms with Gasteiger partial charge in [-0.15, -0.1) is 0 Å². The van der Waals surface area contributed by atoms with Gasteiger partial charge < -0.3 is 0 Å². The summed E-state index contributed by atoms with van der Waals surface area (Å²) >= 11 is 0. The lowest BCUT2D eigenvalue weighted by Gasteiger charge is -2.37. The summed E-state index contributed by atoms with van der Waals surface area (Å²) in [5.74, 6) is 1.12. The van der Waals surface area contributed by atoms with Crippen molar-refractivity contribution in [3.05, 3.63) is 35.4 Å². The molecule has 2 saturated carbocycles. The standard InChI is InChI=1S/C19H25F3/c20-12-13-1-3-14(4-2-13)15-5-7-16(8-6-15)17-9-18(21)11-19(22)10-17/h9-11,13-16H,1-8,12H2. The highest BCUT2D eigenvalue weighted by Gasteiger charge is 2.31. The molecular weight excluding hydrogens is 285 g/mol. The van der Waals surface area contributed by atoms with Crippen LogP contribution in [0.25, 0.3) is 0 Å². The summed E-state index contributed by atoms with van der Waals surface area (Å²) in [6.45, 7) is -0.162. The van der Waals surface area contributed by atoms with Crippen LogP contribution in [0.15, 0.2) is 18.2 Å². The molecule has 3 rings (SSSR count). The van der Waals surface area contributed by atoms with E-state index in [-0.39, 0.29) is 6.67 Å². The summed E-state index contributed by atoms with van der Waals surface area (Å²) in [6.07, 6.45) is 8.75. The minimum absolute atomic E-state index is 0.162. The van der Waals surface area contributed by atoms with Crippen molar-refractivity contribution in [1.29, 1.82) is 0 Å². The smallest absolute Gasteiger partial charge is 0.126 e. The van der Waals surface area contributed by atoms with Crippen LogP contribution in [0.1, 0.15) is 62.8 Å². The normalized spacial score (nSPS) is 32.9. The first-order chi connectivity index (χ1) is 10.7. The van der Waals surface area contributed by atoms with Crippen molar-refractivity contribution >= 4 is 0 Å². The van der Waals surface area contributed by atoms with E-state index in [4.69, 9.17) is 0 Å². The van der Waals surface area contributed by atoms with Gasteiger partial charge >= 0.3 is 0 Å². The largest absolute Gasteiger partial charge is 0.251 e. The third kappa shape index (κ3) is 3.67. The second-order valence-electron chi connectivity index (χ2n) is 7.25. The van der Waals surface area contributed by atoms with Crippen molar-refractivity contribution in [3.63, 3.8) is 0 Å². The van der Waals surface area contributed by atoms with Crippen molar-refractivity contribution in [3.8, 4) is 0 Å². The SMILES string of the molecule is FCC1CCC(C2CCC(c3cc(F)cc(F)c3)CC2)CC1. The molecule has 0 N–H and O–H groups in total. The predicted octanol–water partition coefficient (Wildman–Crippen LogP) is 6.01. The Hall–Kier alpha value is -0.990. The van der Waals surface area contributed by atoms with Gasteiger partial charge in [0.2, 0.25) is 0 Å². The summed E-state index contributed by atoms with van der Waals surface area (Å²) in [5, 5.41) is 0. The topological polar surface area (TPSA) is 0 Å². The zero-order chi connectivity index (χ0) is 15.5.